The molecular formula is C44H28ClNO11. The van der Waals surface area contributed by atoms with Crippen molar-refractivity contribution >= 4 is 68.8 Å². The number of rotatable bonds is 5. The van der Waals surface area contributed by atoms with Crippen LogP contribution < -0.4 is 14.2 Å². The number of hydrogen-bond donors (Lipinski definition) is 0. The van der Waals surface area contributed by atoms with Gasteiger partial charge in [0.15, 0.2) is 11.4 Å². The number of carbonyl (C=O) groups excluding carboxylic acids is 6. The van der Waals surface area contributed by atoms with E-state index in [1.807, 2.05) is 55.5 Å². The van der Waals surface area contributed by atoms with Crippen molar-refractivity contribution in [3.63, 3.8) is 0 Å². The second kappa shape index (κ2) is 13.0. The maximum Gasteiger partial charge on any atom is 0.363 e. The molecule has 1 saturated heterocycles. The van der Waals surface area contributed by atoms with Gasteiger partial charge >= 0.3 is 23.9 Å². The maximum absolute atomic E-state index is 14.1. The Morgan fingerprint density at radius 3 is 1.86 bits per heavy atom. The number of amides is 2. The highest BCUT2D eigenvalue weighted by atomic mass is 35.5. The van der Waals surface area contributed by atoms with Crippen LogP contribution in [0.25, 0.3) is 32.7 Å². The van der Waals surface area contributed by atoms with Crippen molar-refractivity contribution in [2.45, 2.75) is 39.2 Å². The van der Waals surface area contributed by atoms with Crippen LogP contribution in [0.1, 0.15) is 69.7 Å². The van der Waals surface area contributed by atoms with Gasteiger partial charge in [0.05, 0.1) is 16.1 Å². The summed E-state index contributed by atoms with van der Waals surface area (Å²) in [6, 6.07) is 26.0. The van der Waals surface area contributed by atoms with E-state index in [9.17, 15) is 28.8 Å². The van der Waals surface area contributed by atoms with E-state index >= 15 is 0 Å². The molecule has 1 spiro atoms. The number of fused-ring (bicyclic) bond motifs is 8. The number of ether oxygens (including phenoxy) is 4. The number of halogens is 1. The Kier molecular flexibility index (Phi) is 8.14. The van der Waals surface area contributed by atoms with Crippen molar-refractivity contribution in [3.8, 4) is 34.1 Å². The molecule has 57 heavy (non-hydrogen) atoms. The minimum Gasteiger partial charge on any atom is -0.456 e. The second-order valence-electron chi connectivity index (χ2n) is 13.8. The summed E-state index contributed by atoms with van der Waals surface area (Å²) in [7, 11) is 0. The Hall–Kier alpha value is -7.05. The third-order valence-corrected chi connectivity index (χ3v) is 10.6. The molecular weight excluding hydrogens is 754 g/mol. The van der Waals surface area contributed by atoms with Gasteiger partial charge in [-0.3, -0.25) is 19.2 Å². The number of benzene rings is 6. The zero-order valence-corrected chi connectivity index (χ0v) is 31.1. The summed E-state index contributed by atoms with van der Waals surface area (Å²) in [6.45, 7) is 4.54. The molecule has 1 fully saturated rings. The molecule has 0 aromatic heterocycles. The number of carbonyl (C=O) groups is 6. The molecule has 1 unspecified atom stereocenters. The average molecular weight is 782 g/mol. The normalized spacial score (nSPS) is 16.6. The summed E-state index contributed by atoms with van der Waals surface area (Å²) in [5.41, 5.74) is 1.18. The van der Waals surface area contributed by atoms with Crippen LogP contribution in [0.5, 0.6) is 23.0 Å². The van der Waals surface area contributed by atoms with E-state index in [1.165, 1.54) is 44.2 Å². The molecule has 2 amide bonds. The summed E-state index contributed by atoms with van der Waals surface area (Å²) in [5.74, 6) is -4.06. The number of hydroxylamine groups is 2. The lowest BCUT2D eigenvalue weighted by Crippen LogP contribution is -2.33. The molecule has 6 aromatic carbocycles. The standard InChI is InChI=1S/C44H28ClNO11/c1-21-25-8-4-6-10-27(25)41(28-11-7-5-9-26(21)28)30-17-32-36(19-35(30)53-22(2)47)55-37-20-38(54-23(3)48)34(45)18-33(37)44(32)31-13-12-24(16-29(31)43(52)56-44)42(51)57-46-39(49)14-15-40(46)50/h4-13,16-20H,14-15H2,1-3H3. The van der Waals surface area contributed by atoms with E-state index in [-0.39, 0.29) is 63.1 Å². The van der Waals surface area contributed by atoms with Crippen LogP contribution >= 0.6 is 11.6 Å². The quantitative estimate of drug-likeness (QED) is 0.0719. The summed E-state index contributed by atoms with van der Waals surface area (Å²) in [4.78, 5) is 81.7. The van der Waals surface area contributed by atoms with E-state index in [4.69, 9.17) is 35.4 Å². The molecule has 12 nitrogen and oxygen atoms in total. The predicted octanol–water partition coefficient (Wildman–Crippen LogP) is 8.26. The maximum atomic E-state index is 14.1. The van der Waals surface area contributed by atoms with Crippen LogP contribution in [0.2, 0.25) is 5.02 Å². The van der Waals surface area contributed by atoms with Crippen molar-refractivity contribution < 1.29 is 52.6 Å². The topological polar surface area (TPSA) is 152 Å². The molecule has 9 rings (SSSR count). The number of aryl methyl sites for hydroxylation is 1. The van der Waals surface area contributed by atoms with Crippen LogP contribution in [-0.4, -0.2) is 40.8 Å². The average Bonchev–Trinajstić information content (AvgIpc) is 3.66. The molecule has 6 aromatic rings. The van der Waals surface area contributed by atoms with Crippen molar-refractivity contribution in [2.24, 2.45) is 0 Å². The van der Waals surface area contributed by atoms with Crippen LogP contribution in [0.15, 0.2) is 91.0 Å². The van der Waals surface area contributed by atoms with Crippen molar-refractivity contribution in [2.75, 3.05) is 0 Å². The predicted molar refractivity (Wildman–Crippen MR) is 204 cm³/mol. The highest BCUT2D eigenvalue weighted by Gasteiger charge is 2.55. The van der Waals surface area contributed by atoms with Gasteiger partial charge in [-0.15, -0.1) is 5.06 Å². The van der Waals surface area contributed by atoms with Gasteiger partial charge < -0.3 is 23.8 Å². The Labute approximate surface area is 328 Å². The van der Waals surface area contributed by atoms with Crippen molar-refractivity contribution in [1.82, 2.24) is 5.06 Å². The first-order valence-corrected chi connectivity index (χ1v) is 18.2. The summed E-state index contributed by atoms with van der Waals surface area (Å²) >= 11 is 6.73. The summed E-state index contributed by atoms with van der Waals surface area (Å²) < 4.78 is 24.2. The van der Waals surface area contributed by atoms with Crippen LogP contribution in [0, 0.1) is 6.92 Å². The zero-order chi connectivity index (χ0) is 39.9. The van der Waals surface area contributed by atoms with Gasteiger partial charge in [0.2, 0.25) is 0 Å². The molecule has 0 aliphatic carbocycles. The summed E-state index contributed by atoms with van der Waals surface area (Å²) in [6.07, 6.45) is -0.188. The largest absolute Gasteiger partial charge is 0.456 e. The lowest BCUT2D eigenvalue weighted by Gasteiger charge is -2.37. The Morgan fingerprint density at radius 2 is 1.25 bits per heavy atom. The van der Waals surface area contributed by atoms with E-state index in [0.29, 0.717) is 16.2 Å². The SMILES string of the molecule is CC(=O)Oc1cc2c(cc1Cl)C1(OC(=O)c3cc(C(=O)ON4C(=O)CCC4=O)ccc31)c1cc(-c3c4ccccc4c(C)c4ccccc34)c(OC(C)=O)cc1O2. The molecule has 0 N–H and O–H groups in total. The Morgan fingerprint density at radius 1 is 0.684 bits per heavy atom. The monoisotopic (exact) mass is 781 g/mol. The number of esters is 3. The van der Waals surface area contributed by atoms with Gasteiger partial charge in [0.1, 0.15) is 17.2 Å². The first-order valence-electron chi connectivity index (χ1n) is 17.8. The molecule has 0 bridgehead atoms. The van der Waals surface area contributed by atoms with Crippen molar-refractivity contribution in [3.05, 3.63) is 129 Å². The van der Waals surface area contributed by atoms with Crippen LogP contribution in [0.3, 0.4) is 0 Å². The van der Waals surface area contributed by atoms with E-state index in [2.05, 4.69) is 0 Å². The van der Waals surface area contributed by atoms with Crippen molar-refractivity contribution in [1.29, 1.82) is 0 Å². The van der Waals surface area contributed by atoms with Gasteiger partial charge in [-0.05, 0) is 58.3 Å². The highest BCUT2D eigenvalue weighted by molar-refractivity contribution is 6.32. The number of hydrogen-bond acceptors (Lipinski definition) is 11. The number of imide groups is 1. The third kappa shape index (κ3) is 5.51. The molecule has 1 atom stereocenters. The molecule has 3 heterocycles. The number of nitrogens with zero attached hydrogens (tertiary/aromatic N) is 1. The minimum absolute atomic E-state index is 0.00676. The third-order valence-electron chi connectivity index (χ3n) is 10.4. The fourth-order valence-corrected chi connectivity index (χ4v) is 8.17. The first-order chi connectivity index (χ1) is 27.3. The lowest BCUT2D eigenvalue weighted by atomic mass is 9.76. The highest BCUT2D eigenvalue weighted by Crippen LogP contribution is 2.60. The lowest BCUT2D eigenvalue weighted by molar-refractivity contribution is -0.172. The molecule has 3 aliphatic heterocycles. The molecule has 0 saturated carbocycles. The summed E-state index contributed by atoms with van der Waals surface area (Å²) in [5, 5.41) is 4.09. The van der Waals surface area contributed by atoms with E-state index in [0.717, 1.165) is 32.7 Å². The van der Waals surface area contributed by atoms with Crippen LogP contribution in [-0.2, 0) is 34.4 Å². The molecule has 282 valence electrons. The van der Waals surface area contributed by atoms with Gasteiger partial charge in [0.25, 0.3) is 11.8 Å². The Bertz CT molecular complexity index is 2790. The van der Waals surface area contributed by atoms with E-state index < -0.39 is 41.3 Å². The Balaban J connectivity index is 1.32. The van der Waals surface area contributed by atoms with Gasteiger partial charge in [0, 0.05) is 66.6 Å². The van der Waals surface area contributed by atoms with Gasteiger partial charge in [-0.2, -0.15) is 0 Å². The van der Waals surface area contributed by atoms with Gasteiger partial charge in [-0.1, -0.05) is 66.2 Å². The molecule has 13 heteroatoms. The smallest absolute Gasteiger partial charge is 0.363 e. The van der Waals surface area contributed by atoms with E-state index in [1.54, 1.807) is 12.1 Å². The molecule has 3 aliphatic rings. The van der Waals surface area contributed by atoms with Crippen LogP contribution in [0.4, 0.5) is 0 Å². The minimum atomic E-state index is -1.79. The second-order valence-corrected chi connectivity index (χ2v) is 14.2. The van der Waals surface area contributed by atoms with Gasteiger partial charge in [-0.25, -0.2) is 9.59 Å². The fraction of sp³-hybridized carbons (Fsp3) is 0.136. The first kappa shape index (κ1) is 35.6. The zero-order valence-electron chi connectivity index (χ0n) is 30.4. The fourth-order valence-electron chi connectivity index (χ4n) is 7.97. The molecule has 0 radical (unpaired) electrons.